The van der Waals surface area contributed by atoms with Crippen molar-refractivity contribution in [2.75, 3.05) is 0 Å². The monoisotopic (exact) mass is 156 g/mol. The van der Waals surface area contributed by atoms with Crippen molar-refractivity contribution in [1.82, 2.24) is 0 Å². The maximum absolute atomic E-state index is 8.23. The summed E-state index contributed by atoms with van der Waals surface area (Å²) in [6.07, 6.45) is 4.46. The second-order valence-corrected chi connectivity index (χ2v) is 2.18. The van der Waals surface area contributed by atoms with Gasteiger partial charge in [0.2, 0.25) is 0 Å². The Morgan fingerprint density at radius 2 is 2.08 bits per heavy atom. The Morgan fingerprint density at radius 3 is 2.75 bits per heavy atom. The van der Waals surface area contributed by atoms with E-state index < -0.39 is 0 Å². The van der Waals surface area contributed by atoms with Gasteiger partial charge in [-0.05, 0) is 5.56 Å². The van der Waals surface area contributed by atoms with Gasteiger partial charge in [0.1, 0.15) is 0 Å². The average Bonchev–Trinajstić information content (AvgIpc) is 2.16. The van der Waals surface area contributed by atoms with Gasteiger partial charge < -0.3 is 0 Å². The first-order chi connectivity index (χ1) is 6.33. The lowest BCUT2D eigenvalue weighted by molar-refractivity contribution is 1.53. The van der Waals surface area contributed by atoms with Gasteiger partial charge in [0.05, 0.1) is 7.44 Å². The molecule has 12 heavy (non-hydrogen) atoms. The quantitative estimate of drug-likeness (QED) is 0.477. The van der Waals surface area contributed by atoms with Crippen LogP contribution in [-0.4, -0.2) is 0 Å². The predicted octanol–water partition coefficient (Wildman–Crippen LogP) is 2.78. The number of hydrogen-bond acceptors (Lipinski definition) is 1. The largest absolute Gasteiger partial charge is 0.193 e. The van der Waals surface area contributed by atoms with Crippen LogP contribution in [0.15, 0.2) is 48.5 Å². The van der Waals surface area contributed by atoms with Crippen molar-refractivity contribution in [3.63, 3.8) is 0 Å². The minimum absolute atomic E-state index is 0.327. The van der Waals surface area contributed by atoms with Crippen molar-refractivity contribution < 1.29 is 1.37 Å². The Kier molecular flexibility index (Phi) is 2.82. The standard InChI is InChI=1S/C11H9N/c12-10-6-2-5-9-11-7-3-1-4-8-11/h1-9H/i5D. The molecule has 0 spiro atoms. The van der Waals surface area contributed by atoms with E-state index in [4.69, 9.17) is 6.63 Å². The van der Waals surface area contributed by atoms with Gasteiger partial charge in [-0.3, -0.25) is 0 Å². The Morgan fingerprint density at radius 1 is 1.33 bits per heavy atom. The number of rotatable bonds is 2. The van der Waals surface area contributed by atoms with Crippen LogP contribution >= 0.6 is 0 Å². The van der Waals surface area contributed by atoms with Gasteiger partial charge >= 0.3 is 0 Å². The molecule has 1 nitrogen and oxygen atoms in total. The number of nitriles is 1. The minimum atomic E-state index is 0.327. The highest BCUT2D eigenvalue weighted by Gasteiger charge is 1.78. The van der Waals surface area contributed by atoms with Gasteiger partial charge in [-0.1, -0.05) is 48.5 Å². The van der Waals surface area contributed by atoms with Crippen LogP contribution in [0.2, 0.25) is 0 Å². The highest BCUT2D eigenvalue weighted by Crippen LogP contribution is 2.00. The van der Waals surface area contributed by atoms with Crippen LogP contribution in [-0.2, 0) is 0 Å². The Bertz CT molecular complexity index is 357. The summed E-state index contributed by atoms with van der Waals surface area (Å²) in [5.41, 5.74) is 0.968. The molecule has 0 aliphatic heterocycles. The molecule has 0 aliphatic rings. The smallest absolute Gasteiger partial charge is 0.0912 e. The summed E-state index contributed by atoms with van der Waals surface area (Å²) in [6.45, 7) is 0. The van der Waals surface area contributed by atoms with E-state index in [9.17, 15) is 0 Å². The van der Waals surface area contributed by atoms with E-state index in [1.54, 1.807) is 6.08 Å². The summed E-state index contributed by atoms with van der Waals surface area (Å²) in [5, 5.41) is 8.23. The zero-order chi connectivity index (χ0) is 9.52. The molecule has 0 heterocycles. The summed E-state index contributed by atoms with van der Waals surface area (Å²) in [6, 6.07) is 11.7. The van der Waals surface area contributed by atoms with Crippen LogP contribution in [0.1, 0.15) is 6.93 Å². The van der Waals surface area contributed by atoms with Crippen molar-refractivity contribution in [3.8, 4) is 6.07 Å². The topological polar surface area (TPSA) is 23.8 Å². The van der Waals surface area contributed by atoms with E-state index in [0.29, 0.717) is 6.05 Å². The molecule has 1 rings (SSSR count). The van der Waals surface area contributed by atoms with E-state index >= 15 is 0 Å². The van der Waals surface area contributed by atoms with Crippen molar-refractivity contribution in [3.05, 3.63) is 54.1 Å². The molecule has 0 aliphatic carbocycles. The van der Waals surface area contributed by atoms with Crippen LogP contribution in [0.4, 0.5) is 0 Å². The maximum atomic E-state index is 8.23. The van der Waals surface area contributed by atoms with Crippen molar-refractivity contribution in [2.45, 2.75) is 0 Å². The number of nitrogens with zero attached hydrogens (tertiary/aromatic N) is 1. The van der Waals surface area contributed by atoms with E-state index in [-0.39, 0.29) is 0 Å². The zero-order valence-corrected chi connectivity index (χ0v) is 6.57. The summed E-state index contributed by atoms with van der Waals surface area (Å²) in [5.74, 6) is 0. The molecule has 0 radical (unpaired) electrons. The number of allylic oxidation sites excluding steroid dienone is 3. The summed E-state index contributed by atoms with van der Waals surface area (Å²) < 4.78 is 7.44. The van der Waals surface area contributed by atoms with Gasteiger partial charge in [0, 0.05) is 6.08 Å². The number of benzene rings is 1. The fourth-order valence-corrected chi connectivity index (χ4v) is 0.779. The van der Waals surface area contributed by atoms with Crippen LogP contribution < -0.4 is 0 Å². The van der Waals surface area contributed by atoms with E-state index in [2.05, 4.69) is 0 Å². The van der Waals surface area contributed by atoms with Gasteiger partial charge in [0.15, 0.2) is 0 Å². The fraction of sp³-hybridized carbons (Fsp3) is 0. The lowest BCUT2D eigenvalue weighted by Crippen LogP contribution is -1.66. The van der Waals surface area contributed by atoms with Crippen molar-refractivity contribution in [2.24, 2.45) is 0 Å². The third-order valence-electron chi connectivity index (χ3n) is 1.30. The molecule has 0 atom stereocenters. The molecule has 58 valence electrons. The van der Waals surface area contributed by atoms with Gasteiger partial charge in [-0.15, -0.1) is 0 Å². The van der Waals surface area contributed by atoms with Crippen molar-refractivity contribution in [1.29, 1.82) is 5.26 Å². The van der Waals surface area contributed by atoms with Crippen LogP contribution in [0.25, 0.3) is 6.08 Å². The summed E-state index contributed by atoms with van der Waals surface area (Å²) >= 11 is 0. The molecule has 0 N–H and O–H groups in total. The molecule has 0 saturated carbocycles. The van der Waals surface area contributed by atoms with E-state index in [1.807, 2.05) is 36.4 Å². The van der Waals surface area contributed by atoms with Gasteiger partial charge in [-0.25, -0.2) is 0 Å². The molecule has 0 aromatic heterocycles. The number of hydrogen-bond donors (Lipinski definition) is 0. The Hall–Kier alpha value is -1.81. The molecule has 0 amide bonds. The average molecular weight is 156 g/mol. The third kappa shape index (κ3) is 2.85. The molecule has 1 aromatic carbocycles. The Labute approximate surface area is 73.7 Å². The first kappa shape index (κ1) is 6.87. The highest BCUT2D eigenvalue weighted by molar-refractivity contribution is 5.50. The normalized spacial score (nSPS) is 12.6. The van der Waals surface area contributed by atoms with E-state index in [1.165, 1.54) is 12.2 Å². The first-order valence-corrected chi connectivity index (χ1v) is 3.62. The van der Waals surface area contributed by atoms with Gasteiger partial charge in [0.25, 0.3) is 0 Å². The fourth-order valence-electron chi connectivity index (χ4n) is 0.779. The maximum Gasteiger partial charge on any atom is 0.0912 e. The van der Waals surface area contributed by atoms with Crippen molar-refractivity contribution >= 4 is 6.08 Å². The van der Waals surface area contributed by atoms with Gasteiger partial charge in [-0.2, -0.15) is 5.26 Å². The van der Waals surface area contributed by atoms with Crippen LogP contribution in [0.3, 0.4) is 0 Å². The lowest BCUT2D eigenvalue weighted by atomic mass is 10.2. The predicted molar refractivity (Wildman–Crippen MR) is 50.2 cm³/mol. The molecule has 0 unspecified atom stereocenters. The SMILES string of the molecule is [2H]C(C=CC#N)=Cc1ccccc1. The molecular weight excluding hydrogens is 146 g/mol. The lowest BCUT2D eigenvalue weighted by Gasteiger charge is -1.87. The highest BCUT2D eigenvalue weighted by atomic mass is 14.2. The third-order valence-corrected chi connectivity index (χ3v) is 1.30. The summed E-state index contributed by atoms with van der Waals surface area (Å²) in [4.78, 5) is 0. The second kappa shape index (κ2) is 4.92. The van der Waals surface area contributed by atoms with E-state index in [0.717, 1.165) is 5.56 Å². The van der Waals surface area contributed by atoms with Crippen LogP contribution in [0.5, 0.6) is 0 Å². The molecule has 0 bridgehead atoms. The van der Waals surface area contributed by atoms with Crippen LogP contribution in [0, 0.1) is 11.3 Å². The molecular formula is C11H9N. The first-order valence-electron chi connectivity index (χ1n) is 4.12. The molecule has 0 saturated heterocycles. The summed E-state index contributed by atoms with van der Waals surface area (Å²) in [7, 11) is 0. The molecule has 1 heteroatoms. The molecule has 0 fully saturated rings. The zero-order valence-electron chi connectivity index (χ0n) is 7.57. The second-order valence-electron chi connectivity index (χ2n) is 2.18. The Balaban J connectivity index is 2.78. The minimum Gasteiger partial charge on any atom is -0.193 e. The molecule has 1 aromatic rings.